The van der Waals surface area contributed by atoms with Crippen LogP contribution >= 0.6 is 15.9 Å². The van der Waals surface area contributed by atoms with Crippen molar-refractivity contribution in [1.82, 2.24) is 10.2 Å². The van der Waals surface area contributed by atoms with E-state index in [0.717, 1.165) is 36.1 Å². The lowest BCUT2D eigenvalue weighted by atomic mass is 10.0. The number of hydrogen-bond donors (Lipinski definition) is 1. The van der Waals surface area contributed by atoms with Crippen molar-refractivity contribution in [2.45, 2.75) is 45.2 Å². The van der Waals surface area contributed by atoms with E-state index in [1.54, 1.807) is 6.07 Å². The number of nitrogens with one attached hydrogen (secondary N) is 1. The number of hydrogen-bond acceptors (Lipinski definition) is 2. The van der Waals surface area contributed by atoms with Gasteiger partial charge < -0.3 is 5.32 Å². The molecule has 0 amide bonds. The molecule has 2 nitrogen and oxygen atoms in total. The maximum Gasteiger partial charge on any atom is 0.129 e. The highest BCUT2D eigenvalue weighted by atomic mass is 79.9. The van der Waals surface area contributed by atoms with Gasteiger partial charge in [0.15, 0.2) is 0 Å². The van der Waals surface area contributed by atoms with Gasteiger partial charge >= 0.3 is 0 Å². The molecule has 20 heavy (non-hydrogen) atoms. The Kier molecular flexibility index (Phi) is 6.00. The summed E-state index contributed by atoms with van der Waals surface area (Å²) in [5, 5.41) is 3.53. The predicted molar refractivity (Wildman–Crippen MR) is 85.4 cm³/mol. The summed E-state index contributed by atoms with van der Waals surface area (Å²) in [4.78, 5) is 2.40. The van der Waals surface area contributed by atoms with Gasteiger partial charge in [0.05, 0.1) is 0 Å². The van der Waals surface area contributed by atoms with Gasteiger partial charge in [0.25, 0.3) is 0 Å². The Hall–Kier alpha value is -0.450. The van der Waals surface area contributed by atoms with Crippen LogP contribution in [0, 0.1) is 5.82 Å². The van der Waals surface area contributed by atoms with Gasteiger partial charge in [-0.15, -0.1) is 0 Å². The van der Waals surface area contributed by atoms with E-state index in [4.69, 9.17) is 0 Å². The van der Waals surface area contributed by atoms with Crippen molar-refractivity contribution in [2.24, 2.45) is 0 Å². The van der Waals surface area contributed by atoms with E-state index >= 15 is 0 Å². The minimum atomic E-state index is -0.118. The molecule has 0 saturated carbocycles. The Labute approximate surface area is 129 Å². The maximum absolute atomic E-state index is 14.1. The molecule has 2 atom stereocenters. The van der Waals surface area contributed by atoms with E-state index < -0.39 is 0 Å². The number of benzene rings is 1. The lowest BCUT2D eigenvalue weighted by Crippen LogP contribution is -2.39. The van der Waals surface area contributed by atoms with Crippen LogP contribution in [-0.4, -0.2) is 30.6 Å². The molecule has 1 N–H and O–H groups in total. The van der Waals surface area contributed by atoms with Gasteiger partial charge in [0, 0.05) is 28.7 Å². The summed E-state index contributed by atoms with van der Waals surface area (Å²) in [6, 6.07) is 6.05. The summed E-state index contributed by atoms with van der Waals surface area (Å²) in [5.41, 5.74) is 0.791. The van der Waals surface area contributed by atoms with Gasteiger partial charge in [-0.25, -0.2) is 4.39 Å². The molecule has 0 bridgehead atoms. The molecule has 1 aromatic carbocycles. The van der Waals surface area contributed by atoms with Gasteiger partial charge in [0.2, 0.25) is 0 Å². The van der Waals surface area contributed by atoms with Gasteiger partial charge in [-0.3, -0.25) is 4.90 Å². The molecule has 1 aliphatic heterocycles. The monoisotopic (exact) mass is 342 g/mol. The minimum absolute atomic E-state index is 0.116. The molecular weight excluding hydrogens is 319 g/mol. The van der Waals surface area contributed by atoms with Crippen molar-refractivity contribution < 1.29 is 4.39 Å². The summed E-state index contributed by atoms with van der Waals surface area (Å²) in [6.07, 6.45) is 3.58. The zero-order chi connectivity index (χ0) is 14.5. The molecule has 0 radical (unpaired) electrons. The third-order valence-electron chi connectivity index (χ3n) is 4.09. The Morgan fingerprint density at radius 1 is 1.50 bits per heavy atom. The molecule has 1 heterocycles. The third-order valence-corrected chi connectivity index (χ3v) is 4.58. The van der Waals surface area contributed by atoms with Gasteiger partial charge in [-0.1, -0.05) is 28.9 Å². The molecule has 0 spiro atoms. The van der Waals surface area contributed by atoms with Gasteiger partial charge in [-0.2, -0.15) is 0 Å². The zero-order valence-electron chi connectivity index (χ0n) is 12.3. The van der Waals surface area contributed by atoms with Crippen molar-refractivity contribution >= 4 is 15.9 Å². The van der Waals surface area contributed by atoms with Crippen LogP contribution in [0.3, 0.4) is 0 Å². The van der Waals surface area contributed by atoms with Crippen LogP contribution in [0.4, 0.5) is 4.39 Å². The second-order valence-corrected chi connectivity index (χ2v) is 6.55. The van der Waals surface area contributed by atoms with Crippen LogP contribution in [0.15, 0.2) is 22.7 Å². The molecule has 0 aliphatic carbocycles. The Balaban J connectivity index is 2.10. The highest BCUT2D eigenvalue weighted by Gasteiger charge is 2.23. The average Bonchev–Trinajstić information content (AvgIpc) is 2.90. The van der Waals surface area contributed by atoms with Gasteiger partial charge in [0.1, 0.15) is 5.82 Å². The summed E-state index contributed by atoms with van der Waals surface area (Å²) in [7, 11) is 0. The van der Waals surface area contributed by atoms with Crippen molar-refractivity contribution in [3.63, 3.8) is 0 Å². The summed E-state index contributed by atoms with van der Waals surface area (Å²) < 4.78 is 14.9. The predicted octanol–water partition coefficient (Wildman–Crippen LogP) is 4.11. The minimum Gasteiger partial charge on any atom is -0.313 e. The Bertz CT molecular complexity index is 432. The molecule has 2 unspecified atom stereocenters. The molecule has 1 aromatic rings. The first-order chi connectivity index (χ1) is 9.61. The molecule has 1 fully saturated rings. The van der Waals surface area contributed by atoms with Gasteiger partial charge in [-0.05, 0) is 51.4 Å². The topological polar surface area (TPSA) is 15.3 Å². The normalized spacial score (nSPS) is 20.6. The third kappa shape index (κ3) is 4.03. The van der Waals surface area contributed by atoms with Crippen LogP contribution in [0.1, 0.15) is 44.7 Å². The van der Waals surface area contributed by atoms with Crippen LogP contribution in [-0.2, 0) is 0 Å². The van der Waals surface area contributed by atoms with Crippen LogP contribution in [0.25, 0.3) is 0 Å². The fourth-order valence-corrected chi connectivity index (χ4v) is 3.30. The standard InChI is InChI=1S/C16H24BrFN2/c1-3-9-20(11-14-5-4-8-19-14)12(2)15-7-6-13(17)10-16(15)18/h6-7,10,12,14,19H,3-5,8-9,11H2,1-2H3. The first kappa shape index (κ1) is 15.9. The van der Waals surface area contributed by atoms with E-state index in [0.29, 0.717) is 6.04 Å². The highest BCUT2D eigenvalue weighted by Crippen LogP contribution is 2.26. The van der Waals surface area contributed by atoms with Crippen molar-refractivity contribution in [3.8, 4) is 0 Å². The molecular formula is C16H24BrFN2. The molecule has 112 valence electrons. The van der Waals surface area contributed by atoms with E-state index in [1.807, 2.05) is 12.1 Å². The SMILES string of the molecule is CCCN(CC1CCCN1)C(C)c1ccc(Br)cc1F. The zero-order valence-corrected chi connectivity index (χ0v) is 13.9. The van der Waals surface area contributed by atoms with Crippen LogP contribution in [0.5, 0.6) is 0 Å². The second kappa shape index (κ2) is 7.53. The summed E-state index contributed by atoms with van der Waals surface area (Å²) in [5.74, 6) is -0.118. The average molecular weight is 343 g/mol. The summed E-state index contributed by atoms with van der Waals surface area (Å²) in [6.45, 7) is 7.42. The number of halogens is 2. The van der Waals surface area contributed by atoms with E-state index in [9.17, 15) is 4.39 Å². The first-order valence-corrected chi connectivity index (χ1v) is 8.33. The lowest BCUT2D eigenvalue weighted by Gasteiger charge is -2.31. The van der Waals surface area contributed by atoms with Crippen molar-refractivity contribution in [1.29, 1.82) is 0 Å². The van der Waals surface area contributed by atoms with E-state index in [-0.39, 0.29) is 11.9 Å². The van der Waals surface area contributed by atoms with Crippen LogP contribution < -0.4 is 5.32 Å². The quantitative estimate of drug-likeness (QED) is 0.836. The Morgan fingerprint density at radius 3 is 2.90 bits per heavy atom. The van der Waals surface area contributed by atoms with E-state index in [2.05, 4.69) is 40.0 Å². The lowest BCUT2D eigenvalue weighted by molar-refractivity contribution is 0.189. The van der Waals surface area contributed by atoms with Crippen molar-refractivity contribution in [2.75, 3.05) is 19.6 Å². The van der Waals surface area contributed by atoms with Crippen LogP contribution in [0.2, 0.25) is 0 Å². The Morgan fingerprint density at radius 2 is 2.30 bits per heavy atom. The molecule has 1 aliphatic rings. The van der Waals surface area contributed by atoms with E-state index in [1.165, 1.54) is 12.8 Å². The largest absolute Gasteiger partial charge is 0.313 e. The molecule has 1 saturated heterocycles. The molecule has 2 rings (SSSR count). The highest BCUT2D eigenvalue weighted by molar-refractivity contribution is 9.10. The fraction of sp³-hybridized carbons (Fsp3) is 0.625. The maximum atomic E-state index is 14.1. The summed E-state index contributed by atoms with van der Waals surface area (Å²) >= 11 is 3.32. The number of rotatable bonds is 6. The fourth-order valence-electron chi connectivity index (χ4n) is 2.96. The first-order valence-electron chi connectivity index (χ1n) is 7.54. The second-order valence-electron chi connectivity index (χ2n) is 5.63. The molecule has 0 aromatic heterocycles. The van der Waals surface area contributed by atoms with Crippen molar-refractivity contribution in [3.05, 3.63) is 34.1 Å². The molecule has 4 heteroatoms. The smallest absolute Gasteiger partial charge is 0.129 e. The number of nitrogens with zero attached hydrogens (tertiary/aromatic N) is 1.